The van der Waals surface area contributed by atoms with Gasteiger partial charge in [0.25, 0.3) is 6.43 Å². The zero-order valence-electron chi connectivity index (χ0n) is 23.6. The summed E-state index contributed by atoms with van der Waals surface area (Å²) < 4.78 is 48.4. The highest BCUT2D eigenvalue weighted by Crippen LogP contribution is 2.45. The first-order valence-corrected chi connectivity index (χ1v) is 14.6. The number of morpholine rings is 1. The number of pyridine rings is 1. The number of ether oxygens (including phenoxy) is 1. The first-order valence-electron chi connectivity index (χ1n) is 14.6. The van der Waals surface area contributed by atoms with Crippen LogP contribution in [0.3, 0.4) is 0 Å². The fourth-order valence-electron chi connectivity index (χ4n) is 7.21. The number of carbonyl (C=O) groups is 1. The number of nitrogens with two attached hydrogens (primary N) is 1. The van der Waals surface area contributed by atoms with E-state index in [4.69, 9.17) is 10.5 Å². The lowest BCUT2D eigenvalue weighted by molar-refractivity contribution is -0.128. The van der Waals surface area contributed by atoms with E-state index in [2.05, 4.69) is 26.7 Å². The van der Waals surface area contributed by atoms with Gasteiger partial charge in [-0.25, -0.2) is 18.2 Å². The van der Waals surface area contributed by atoms with Gasteiger partial charge in [-0.15, -0.1) is 0 Å². The molecule has 6 heterocycles. The van der Waals surface area contributed by atoms with E-state index in [-0.39, 0.29) is 24.2 Å². The fourth-order valence-corrected chi connectivity index (χ4v) is 7.21. The summed E-state index contributed by atoms with van der Waals surface area (Å²) in [5.41, 5.74) is 8.33. The van der Waals surface area contributed by atoms with Crippen LogP contribution in [-0.2, 0) is 16.0 Å². The first-order chi connectivity index (χ1) is 19.8. The lowest BCUT2D eigenvalue weighted by atomic mass is 9.85. The van der Waals surface area contributed by atoms with Gasteiger partial charge in [-0.3, -0.25) is 9.69 Å². The predicted octanol–water partition coefficient (Wildman–Crippen LogP) is 1.99. The highest BCUT2D eigenvalue weighted by Gasteiger charge is 2.52. The van der Waals surface area contributed by atoms with Crippen molar-refractivity contribution in [3.05, 3.63) is 41.2 Å². The monoisotopic (exact) mass is 575 g/mol. The molecule has 1 aromatic heterocycles. The Kier molecular flexibility index (Phi) is 7.67. The molecule has 1 spiro atoms. The Hall–Kier alpha value is -2.83. The van der Waals surface area contributed by atoms with Crippen LogP contribution < -0.4 is 20.9 Å². The van der Waals surface area contributed by atoms with E-state index < -0.39 is 24.7 Å². The summed E-state index contributed by atoms with van der Waals surface area (Å²) in [7, 11) is 0. The number of rotatable bonds is 6. The van der Waals surface area contributed by atoms with Crippen LogP contribution in [0.1, 0.15) is 37.4 Å². The number of aromatic nitrogens is 1. The van der Waals surface area contributed by atoms with E-state index in [1.54, 1.807) is 0 Å². The highest BCUT2D eigenvalue weighted by molar-refractivity contribution is 5.87. The molecule has 0 bridgehead atoms. The van der Waals surface area contributed by atoms with Crippen molar-refractivity contribution < 1.29 is 22.7 Å². The average molecular weight is 576 g/mol. The van der Waals surface area contributed by atoms with Crippen LogP contribution in [0.25, 0.3) is 0 Å². The van der Waals surface area contributed by atoms with Crippen molar-refractivity contribution in [2.45, 2.75) is 56.3 Å². The molecule has 41 heavy (non-hydrogen) atoms. The predicted molar refractivity (Wildman–Crippen MR) is 151 cm³/mol. The number of nitrogens with one attached hydrogen (secondary N) is 1. The molecule has 0 saturated carbocycles. The van der Waals surface area contributed by atoms with Crippen LogP contribution >= 0.6 is 0 Å². The third-order valence-electron chi connectivity index (χ3n) is 9.56. The minimum Gasteiger partial charge on any atom is -0.378 e. The molecule has 5 aliphatic heterocycles. The summed E-state index contributed by atoms with van der Waals surface area (Å²) in [5, 5.41) is 3.27. The maximum Gasteiger partial charge on any atom is 0.280 e. The molecule has 0 aliphatic carbocycles. The number of hydrogen-bond donors (Lipinski definition) is 2. The Morgan fingerprint density at radius 3 is 2.71 bits per heavy atom. The van der Waals surface area contributed by atoms with Gasteiger partial charge in [0.15, 0.2) is 0 Å². The molecular weight excluding hydrogens is 535 g/mol. The van der Waals surface area contributed by atoms with E-state index in [1.807, 2.05) is 22.8 Å². The zero-order chi connectivity index (χ0) is 28.9. The van der Waals surface area contributed by atoms with Gasteiger partial charge in [-0.1, -0.05) is 6.58 Å². The number of piperazine rings is 1. The van der Waals surface area contributed by atoms with E-state index in [0.29, 0.717) is 56.6 Å². The van der Waals surface area contributed by atoms with E-state index in [1.165, 1.54) is 6.08 Å². The molecule has 5 aliphatic rings. The largest absolute Gasteiger partial charge is 0.378 e. The average Bonchev–Trinajstić information content (AvgIpc) is 3.10. The summed E-state index contributed by atoms with van der Waals surface area (Å²) in [4.78, 5) is 25.0. The van der Waals surface area contributed by atoms with Gasteiger partial charge in [0.05, 0.1) is 25.7 Å². The molecule has 0 radical (unpaired) electrons. The topological polar surface area (TPSA) is 90.2 Å². The summed E-state index contributed by atoms with van der Waals surface area (Å²) in [5.74, 6) is 0.486. The van der Waals surface area contributed by atoms with Gasteiger partial charge in [-0.2, -0.15) is 0 Å². The van der Waals surface area contributed by atoms with Crippen LogP contribution in [0.4, 0.5) is 24.7 Å². The van der Waals surface area contributed by atoms with Crippen molar-refractivity contribution in [2.24, 2.45) is 5.73 Å². The van der Waals surface area contributed by atoms with Gasteiger partial charge >= 0.3 is 0 Å². The van der Waals surface area contributed by atoms with E-state index >= 15 is 0 Å². The second kappa shape index (κ2) is 11.1. The van der Waals surface area contributed by atoms with Crippen molar-refractivity contribution in [1.82, 2.24) is 20.1 Å². The Labute approximate surface area is 239 Å². The summed E-state index contributed by atoms with van der Waals surface area (Å²) >= 11 is 0. The van der Waals surface area contributed by atoms with Gasteiger partial charge < -0.3 is 30.5 Å². The summed E-state index contributed by atoms with van der Waals surface area (Å²) in [6.07, 6.45) is 1.03. The van der Waals surface area contributed by atoms with Crippen LogP contribution in [0.2, 0.25) is 0 Å². The Bertz CT molecular complexity index is 1210. The number of nitrogens with zero attached hydrogens (tertiary/aromatic N) is 5. The molecule has 12 heteroatoms. The number of alkyl halides is 3. The number of halogens is 3. The molecule has 0 aromatic carbocycles. The van der Waals surface area contributed by atoms with Crippen molar-refractivity contribution in [3.8, 4) is 0 Å². The second-order valence-electron chi connectivity index (χ2n) is 11.9. The minimum atomic E-state index is -2.67. The van der Waals surface area contributed by atoms with Crippen LogP contribution in [0.15, 0.2) is 30.0 Å². The number of fused-ring (bicyclic) bond motifs is 3. The molecule has 3 N–H and O–H groups in total. The molecule has 3 atom stereocenters. The van der Waals surface area contributed by atoms with Crippen molar-refractivity contribution >= 4 is 17.4 Å². The van der Waals surface area contributed by atoms with Gasteiger partial charge in [-0.05, 0) is 37.8 Å². The maximum absolute atomic E-state index is 14.4. The third-order valence-corrected chi connectivity index (χ3v) is 9.56. The molecule has 6 rings (SSSR count). The quantitative estimate of drug-likeness (QED) is 0.498. The lowest BCUT2D eigenvalue weighted by Gasteiger charge is -2.56. The number of anilines is 2. The zero-order valence-corrected chi connectivity index (χ0v) is 23.6. The smallest absolute Gasteiger partial charge is 0.280 e. The fraction of sp³-hybridized carbons (Fsp3) is 0.655. The Morgan fingerprint density at radius 2 is 2.05 bits per heavy atom. The molecule has 3 unspecified atom stereocenters. The highest BCUT2D eigenvalue weighted by atomic mass is 19.3. The van der Waals surface area contributed by atoms with Gasteiger partial charge in [0.1, 0.15) is 23.8 Å². The van der Waals surface area contributed by atoms with Crippen LogP contribution in [-0.4, -0.2) is 110 Å². The van der Waals surface area contributed by atoms with E-state index in [0.717, 1.165) is 49.4 Å². The second-order valence-corrected chi connectivity index (χ2v) is 11.9. The molecule has 4 saturated heterocycles. The first kappa shape index (κ1) is 28.3. The van der Waals surface area contributed by atoms with Crippen molar-refractivity contribution in [1.29, 1.82) is 0 Å². The Balaban J connectivity index is 1.22. The van der Waals surface area contributed by atoms with Gasteiger partial charge in [0.2, 0.25) is 5.91 Å². The summed E-state index contributed by atoms with van der Waals surface area (Å²) in [6.45, 7) is 10.1. The molecule has 9 nitrogen and oxygen atoms in total. The molecule has 1 aromatic rings. The SMILES string of the molecule is C=CC(=O)N1CCN(C2CN3c4cc(N5CC6(C5)OCC(CF)N/C6=C(/C)CN)nc(C(F)F)c4CCCC23)CC1. The molecule has 224 valence electrons. The molecule has 1 amide bonds. The van der Waals surface area contributed by atoms with Crippen molar-refractivity contribution in [2.75, 3.05) is 75.4 Å². The Morgan fingerprint density at radius 1 is 1.29 bits per heavy atom. The number of amides is 1. The van der Waals surface area contributed by atoms with Gasteiger partial charge in [0, 0.05) is 74.4 Å². The number of carbonyl (C=O) groups excluding carboxylic acids is 1. The van der Waals surface area contributed by atoms with Crippen LogP contribution in [0.5, 0.6) is 0 Å². The number of hydrogen-bond acceptors (Lipinski definition) is 8. The normalized spacial score (nSPS) is 28.7. The van der Waals surface area contributed by atoms with E-state index in [9.17, 15) is 18.0 Å². The summed E-state index contributed by atoms with van der Waals surface area (Å²) in [6, 6.07) is 2.12. The lowest BCUT2D eigenvalue weighted by Crippen LogP contribution is -2.71. The third kappa shape index (κ3) is 4.87. The molecular formula is C29H40F3N7O2. The molecule has 4 fully saturated rings. The minimum absolute atomic E-state index is 0.0342. The maximum atomic E-state index is 14.4. The van der Waals surface area contributed by atoms with Crippen molar-refractivity contribution in [3.63, 3.8) is 0 Å². The standard InChI is InChI=1S/C29H40F3N7O2/c1-3-25(40)37-9-7-36(8-10-37)23-14-39-21(23)6-4-5-20-22(39)11-24(35-26(20)28(31)32)38-16-29(17-38)27(18(2)13-33)34-19(12-30)15-41-29/h3,11,19,21,23,28,34H,1,4-10,12-17,33H2,2H3/b27-18-. The van der Waals surface area contributed by atoms with Crippen LogP contribution in [0, 0.1) is 0 Å².